The molecule has 35 heavy (non-hydrogen) atoms. The molecule has 0 bridgehead atoms. The van der Waals surface area contributed by atoms with Crippen LogP contribution in [0.5, 0.6) is 11.5 Å². The molecule has 0 saturated heterocycles. The molecule has 4 rings (SSSR count). The topological polar surface area (TPSA) is 86.2 Å². The Bertz CT molecular complexity index is 1340. The third kappa shape index (κ3) is 6.29. The Balaban J connectivity index is 1.54. The predicted molar refractivity (Wildman–Crippen MR) is 146 cm³/mol. The molecule has 0 saturated carbocycles. The molecule has 0 fully saturated rings. The molecular weight excluding hydrogens is 627 g/mol. The van der Waals surface area contributed by atoms with Gasteiger partial charge in [-0.15, -0.1) is 0 Å². The quantitative estimate of drug-likeness (QED) is 0.195. The monoisotopic (exact) mass is 646 g/mol. The van der Waals surface area contributed by atoms with Crippen molar-refractivity contribution < 1.29 is 23.8 Å². The van der Waals surface area contributed by atoms with Crippen LogP contribution in [0.3, 0.4) is 0 Å². The molecule has 0 spiro atoms. The molecule has 0 radical (unpaired) electrons. The Labute approximate surface area is 224 Å². The van der Waals surface area contributed by atoms with Crippen LogP contribution in [0.25, 0.3) is 6.08 Å². The maximum atomic E-state index is 12.4. The average molecular weight is 647 g/mol. The van der Waals surface area contributed by atoms with Gasteiger partial charge in [-0.25, -0.2) is 9.79 Å². The van der Waals surface area contributed by atoms with E-state index in [1.54, 1.807) is 43.5 Å². The molecule has 1 aliphatic heterocycles. The molecule has 3 aromatic carbocycles. The number of carbonyl (C=O) groups is 2. The smallest absolute Gasteiger partial charge is 0.363 e. The average Bonchev–Trinajstić information content (AvgIpc) is 3.19. The van der Waals surface area contributed by atoms with Crippen molar-refractivity contribution in [3.63, 3.8) is 0 Å². The fourth-order valence-corrected chi connectivity index (χ4v) is 4.33. The minimum absolute atomic E-state index is 0.164. The number of halogens is 2. The van der Waals surface area contributed by atoms with Crippen LogP contribution in [0.2, 0.25) is 0 Å². The first-order valence-electron chi connectivity index (χ1n) is 10.5. The lowest BCUT2D eigenvalue weighted by atomic mass is 10.1. The van der Waals surface area contributed by atoms with Crippen LogP contribution in [-0.4, -0.2) is 24.9 Å². The largest absolute Gasteiger partial charge is 0.493 e. The zero-order valence-electron chi connectivity index (χ0n) is 18.8. The fourth-order valence-electron chi connectivity index (χ4n) is 3.29. The van der Waals surface area contributed by atoms with Crippen molar-refractivity contribution in [1.82, 2.24) is 0 Å². The molecule has 0 atom stereocenters. The molecule has 1 aliphatic rings. The van der Waals surface area contributed by atoms with Crippen molar-refractivity contribution in [2.75, 3.05) is 12.4 Å². The summed E-state index contributed by atoms with van der Waals surface area (Å²) in [7, 11) is 1.57. The molecular formula is C26H20BrIN2O5. The number of cyclic esters (lactones) is 1. The number of anilines is 1. The summed E-state index contributed by atoms with van der Waals surface area (Å²) >= 11 is 5.60. The number of methoxy groups -OCH3 is 1. The van der Waals surface area contributed by atoms with E-state index in [9.17, 15) is 9.59 Å². The highest BCUT2D eigenvalue weighted by Gasteiger charge is 2.24. The summed E-state index contributed by atoms with van der Waals surface area (Å²) < 4.78 is 18.8. The molecule has 0 aromatic heterocycles. The number of carbonyl (C=O) groups excluding carboxylic acids is 2. The number of nitrogens with zero attached hydrogens (tertiary/aromatic N) is 1. The van der Waals surface area contributed by atoms with Crippen molar-refractivity contribution in [2.45, 2.75) is 13.5 Å². The summed E-state index contributed by atoms with van der Waals surface area (Å²) in [5, 5.41) is 2.69. The Hall–Kier alpha value is -3.18. The van der Waals surface area contributed by atoms with E-state index in [2.05, 4.69) is 48.8 Å². The first-order chi connectivity index (χ1) is 16.8. The second-order valence-corrected chi connectivity index (χ2v) is 9.62. The van der Waals surface area contributed by atoms with Crippen LogP contribution in [0.4, 0.5) is 5.69 Å². The standard InChI is InChI=1S/C26H20BrIN2O5/c1-15(31)29-20-9-5-18(6-10-20)25-30-22(26(32)35-25)12-17-11-21(28)24(23(13-17)33-2)34-14-16-3-7-19(27)8-4-16/h3-13H,14H2,1-2H3,(H,29,31)/b22-12-. The van der Waals surface area contributed by atoms with Crippen LogP contribution in [0.15, 0.2) is 75.8 Å². The van der Waals surface area contributed by atoms with E-state index in [4.69, 9.17) is 14.2 Å². The minimum Gasteiger partial charge on any atom is -0.493 e. The number of ether oxygens (including phenoxy) is 3. The normalized spacial score (nSPS) is 13.9. The summed E-state index contributed by atoms with van der Waals surface area (Å²) in [6.45, 7) is 1.83. The van der Waals surface area contributed by atoms with E-state index in [0.717, 1.165) is 19.2 Å². The number of rotatable bonds is 7. The summed E-state index contributed by atoms with van der Waals surface area (Å²) in [6.07, 6.45) is 1.64. The van der Waals surface area contributed by atoms with E-state index in [1.165, 1.54) is 6.92 Å². The van der Waals surface area contributed by atoms with E-state index < -0.39 is 5.97 Å². The summed E-state index contributed by atoms with van der Waals surface area (Å²) in [4.78, 5) is 28.0. The Morgan fingerprint density at radius 3 is 2.51 bits per heavy atom. The maximum absolute atomic E-state index is 12.4. The second-order valence-electron chi connectivity index (χ2n) is 7.54. The number of benzene rings is 3. The third-order valence-electron chi connectivity index (χ3n) is 4.92. The lowest BCUT2D eigenvalue weighted by molar-refractivity contribution is -0.129. The number of aliphatic imine (C=N–C) groups is 1. The van der Waals surface area contributed by atoms with E-state index in [1.807, 2.05) is 30.3 Å². The molecule has 1 heterocycles. The zero-order chi connectivity index (χ0) is 24.9. The minimum atomic E-state index is -0.546. The van der Waals surface area contributed by atoms with Crippen molar-refractivity contribution in [3.8, 4) is 11.5 Å². The van der Waals surface area contributed by atoms with Gasteiger partial charge in [-0.1, -0.05) is 28.1 Å². The van der Waals surface area contributed by atoms with Crippen molar-refractivity contribution >= 4 is 68.1 Å². The number of hydrogen-bond acceptors (Lipinski definition) is 6. The van der Waals surface area contributed by atoms with Crippen LogP contribution in [-0.2, 0) is 20.9 Å². The van der Waals surface area contributed by atoms with Crippen LogP contribution in [0, 0.1) is 3.57 Å². The van der Waals surface area contributed by atoms with Crippen LogP contribution < -0.4 is 14.8 Å². The number of nitrogens with one attached hydrogen (secondary N) is 1. The highest BCUT2D eigenvalue weighted by Crippen LogP contribution is 2.35. The van der Waals surface area contributed by atoms with E-state index in [-0.39, 0.29) is 17.5 Å². The fraction of sp³-hybridized carbons (Fsp3) is 0.115. The number of hydrogen-bond donors (Lipinski definition) is 1. The van der Waals surface area contributed by atoms with Gasteiger partial charge in [-0.3, -0.25) is 4.79 Å². The Kier molecular flexibility index (Phi) is 7.86. The molecule has 0 aliphatic carbocycles. The van der Waals surface area contributed by atoms with Gasteiger partial charge in [0, 0.05) is 22.6 Å². The number of amides is 1. The van der Waals surface area contributed by atoms with Crippen molar-refractivity contribution in [1.29, 1.82) is 0 Å². The molecule has 0 unspecified atom stereocenters. The Morgan fingerprint density at radius 2 is 1.86 bits per heavy atom. The van der Waals surface area contributed by atoms with Gasteiger partial charge in [-0.2, -0.15) is 0 Å². The van der Waals surface area contributed by atoms with E-state index >= 15 is 0 Å². The second kappa shape index (κ2) is 11.0. The predicted octanol–water partition coefficient (Wildman–Crippen LogP) is 5.94. The Morgan fingerprint density at radius 1 is 1.14 bits per heavy atom. The molecule has 7 nitrogen and oxygen atoms in total. The first kappa shape index (κ1) is 24.9. The maximum Gasteiger partial charge on any atom is 0.363 e. The highest BCUT2D eigenvalue weighted by molar-refractivity contribution is 14.1. The van der Waals surface area contributed by atoms with Gasteiger partial charge in [0.1, 0.15) is 6.61 Å². The van der Waals surface area contributed by atoms with Gasteiger partial charge in [0.2, 0.25) is 11.8 Å². The van der Waals surface area contributed by atoms with Gasteiger partial charge < -0.3 is 19.5 Å². The summed E-state index contributed by atoms with van der Waals surface area (Å²) in [5.74, 6) is 0.658. The van der Waals surface area contributed by atoms with Gasteiger partial charge in [-0.05, 0) is 88.3 Å². The lowest BCUT2D eigenvalue weighted by Gasteiger charge is -2.14. The molecule has 3 aromatic rings. The lowest BCUT2D eigenvalue weighted by Crippen LogP contribution is -2.07. The molecule has 1 amide bonds. The third-order valence-corrected chi connectivity index (χ3v) is 6.25. The van der Waals surface area contributed by atoms with Crippen molar-refractivity contribution in [2.24, 2.45) is 4.99 Å². The summed E-state index contributed by atoms with van der Waals surface area (Å²) in [6, 6.07) is 18.4. The highest BCUT2D eigenvalue weighted by atomic mass is 127. The van der Waals surface area contributed by atoms with Crippen LogP contribution in [0.1, 0.15) is 23.6 Å². The molecule has 9 heteroatoms. The SMILES string of the molecule is COc1cc(/C=C2\N=C(c3ccc(NC(C)=O)cc3)OC2=O)cc(I)c1OCc1ccc(Br)cc1. The summed E-state index contributed by atoms with van der Waals surface area (Å²) in [5.41, 5.74) is 3.19. The number of esters is 1. The zero-order valence-corrected chi connectivity index (χ0v) is 22.5. The van der Waals surface area contributed by atoms with Crippen molar-refractivity contribution in [3.05, 3.63) is 91.1 Å². The van der Waals surface area contributed by atoms with Gasteiger partial charge in [0.15, 0.2) is 17.2 Å². The molecule has 178 valence electrons. The molecule has 1 N–H and O–H groups in total. The van der Waals surface area contributed by atoms with Gasteiger partial charge in [0.05, 0.1) is 10.7 Å². The van der Waals surface area contributed by atoms with Gasteiger partial charge >= 0.3 is 5.97 Å². The van der Waals surface area contributed by atoms with Gasteiger partial charge in [0.25, 0.3) is 0 Å². The first-order valence-corrected chi connectivity index (χ1v) is 12.3. The van der Waals surface area contributed by atoms with Crippen LogP contribution >= 0.6 is 38.5 Å². The van der Waals surface area contributed by atoms with E-state index in [0.29, 0.717) is 29.4 Å².